The lowest BCUT2D eigenvalue weighted by Crippen LogP contribution is -2.50. The fraction of sp³-hybridized carbons (Fsp3) is 0.579. The zero-order valence-electron chi connectivity index (χ0n) is 15.1. The van der Waals surface area contributed by atoms with Gasteiger partial charge in [-0.3, -0.25) is 4.79 Å². The van der Waals surface area contributed by atoms with E-state index in [4.69, 9.17) is 0 Å². The predicted octanol–water partition coefficient (Wildman–Crippen LogP) is 2.66. The molecular weight excluding hydrogens is 321 g/mol. The Kier molecular flexibility index (Phi) is 7.22. The molecule has 138 valence electrons. The first kappa shape index (κ1) is 19.2. The van der Waals surface area contributed by atoms with Gasteiger partial charge in [0.1, 0.15) is 5.82 Å². The minimum atomic E-state index is -0.257. The number of carbonyl (C=O) groups is 2. The lowest BCUT2D eigenvalue weighted by Gasteiger charge is -2.35. The van der Waals surface area contributed by atoms with Crippen LogP contribution in [0, 0.1) is 11.7 Å². The molecule has 0 aliphatic carbocycles. The van der Waals surface area contributed by atoms with Crippen molar-refractivity contribution in [1.82, 2.24) is 15.1 Å². The predicted molar refractivity (Wildman–Crippen MR) is 95.7 cm³/mol. The summed E-state index contributed by atoms with van der Waals surface area (Å²) < 4.78 is 12.9. The fourth-order valence-corrected chi connectivity index (χ4v) is 3.18. The minimum absolute atomic E-state index is 0.000779. The van der Waals surface area contributed by atoms with Crippen LogP contribution in [-0.2, 0) is 11.2 Å². The zero-order chi connectivity index (χ0) is 18.2. The normalized spacial score (nSPS) is 17.2. The highest BCUT2D eigenvalue weighted by Gasteiger charge is 2.29. The van der Waals surface area contributed by atoms with E-state index in [1.807, 2.05) is 13.8 Å². The van der Waals surface area contributed by atoms with Crippen molar-refractivity contribution in [2.75, 3.05) is 32.7 Å². The Hall–Kier alpha value is -2.11. The van der Waals surface area contributed by atoms with Gasteiger partial charge in [-0.2, -0.15) is 0 Å². The quantitative estimate of drug-likeness (QED) is 0.858. The number of amides is 3. The molecule has 0 saturated carbocycles. The van der Waals surface area contributed by atoms with Crippen LogP contribution in [0.3, 0.4) is 0 Å². The largest absolute Gasteiger partial charge is 0.355 e. The van der Waals surface area contributed by atoms with Gasteiger partial charge in [-0.25, -0.2) is 9.18 Å². The molecule has 1 aliphatic heterocycles. The second-order valence-corrected chi connectivity index (χ2v) is 6.41. The van der Waals surface area contributed by atoms with Crippen molar-refractivity contribution in [2.24, 2.45) is 5.92 Å². The maximum atomic E-state index is 12.9. The van der Waals surface area contributed by atoms with Gasteiger partial charge in [0.15, 0.2) is 0 Å². The summed E-state index contributed by atoms with van der Waals surface area (Å²) in [4.78, 5) is 28.4. The number of halogens is 1. The molecule has 3 amide bonds. The highest BCUT2D eigenvalue weighted by atomic mass is 19.1. The summed E-state index contributed by atoms with van der Waals surface area (Å²) in [7, 11) is 0. The van der Waals surface area contributed by atoms with E-state index in [9.17, 15) is 14.0 Å². The van der Waals surface area contributed by atoms with Gasteiger partial charge in [-0.05, 0) is 50.8 Å². The first-order chi connectivity index (χ1) is 12.0. The summed E-state index contributed by atoms with van der Waals surface area (Å²) in [6.07, 6.45) is 2.33. The molecule has 1 aliphatic rings. The Labute approximate surface area is 149 Å². The summed E-state index contributed by atoms with van der Waals surface area (Å²) in [6.45, 7) is 7.01. The van der Waals surface area contributed by atoms with Gasteiger partial charge in [0, 0.05) is 32.7 Å². The maximum absolute atomic E-state index is 12.9. The van der Waals surface area contributed by atoms with E-state index in [2.05, 4.69) is 5.32 Å². The van der Waals surface area contributed by atoms with E-state index in [0.717, 1.165) is 18.4 Å². The number of piperidine rings is 1. The van der Waals surface area contributed by atoms with Crippen LogP contribution in [0.1, 0.15) is 32.3 Å². The molecule has 1 saturated heterocycles. The van der Waals surface area contributed by atoms with Crippen LogP contribution in [0.25, 0.3) is 0 Å². The highest BCUT2D eigenvalue weighted by molar-refractivity contribution is 5.80. The van der Waals surface area contributed by atoms with Gasteiger partial charge < -0.3 is 15.1 Å². The van der Waals surface area contributed by atoms with E-state index in [1.54, 1.807) is 21.9 Å². The first-order valence-corrected chi connectivity index (χ1v) is 9.11. The van der Waals surface area contributed by atoms with Crippen LogP contribution in [-0.4, -0.2) is 54.5 Å². The Balaban J connectivity index is 1.80. The average molecular weight is 349 g/mol. The Morgan fingerprint density at radius 3 is 2.56 bits per heavy atom. The smallest absolute Gasteiger partial charge is 0.320 e. The SMILES string of the molecule is CCN(CC)C(=O)N1CCC[C@H](C(=O)NCCc2ccc(F)cc2)C1. The molecule has 0 radical (unpaired) electrons. The Bertz CT molecular complexity index is 573. The second kappa shape index (κ2) is 9.39. The number of rotatable bonds is 6. The molecule has 0 spiro atoms. The van der Waals surface area contributed by atoms with Gasteiger partial charge in [-0.15, -0.1) is 0 Å². The number of benzene rings is 1. The monoisotopic (exact) mass is 349 g/mol. The van der Waals surface area contributed by atoms with Gasteiger partial charge in [0.25, 0.3) is 0 Å². The van der Waals surface area contributed by atoms with Crippen molar-refractivity contribution >= 4 is 11.9 Å². The van der Waals surface area contributed by atoms with Crippen LogP contribution in [0.2, 0.25) is 0 Å². The molecule has 1 fully saturated rings. The second-order valence-electron chi connectivity index (χ2n) is 6.41. The molecule has 0 aromatic heterocycles. The van der Waals surface area contributed by atoms with Crippen molar-refractivity contribution in [3.8, 4) is 0 Å². The summed E-state index contributed by atoms with van der Waals surface area (Å²) >= 11 is 0. The third-order valence-electron chi connectivity index (χ3n) is 4.72. The number of urea groups is 1. The van der Waals surface area contributed by atoms with E-state index in [0.29, 0.717) is 39.1 Å². The van der Waals surface area contributed by atoms with Crippen molar-refractivity contribution in [1.29, 1.82) is 0 Å². The molecule has 25 heavy (non-hydrogen) atoms. The van der Waals surface area contributed by atoms with Crippen LogP contribution >= 0.6 is 0 Å². The molecule has 6 heteroatoms. The van der Waals surface area contributed by atoms with Crippen molar-refractivity contribution in [3.63, 3.8) is 0 Å². The molecule has 1 aromatic carbocycles. The van der Waals surface area contributed by atoms with E-state index < -0.39 is 0 Å². The number of likely N-dealkylation sites (tertiary alicyclic amines) is 1. The van der Waals surface area contributed by atoms with Gasteiger partial charge in [0.05, 0.1) is 5.92 Å². The zero-order valence-corrected chi connectivity index (χ0v) is 15.1. The maximum Gasteiger partial charge on any atom is 0.320 e. The van der Waals surface area contributed by atoms with Gasteiger partial charge in [0.2, 0.25) is 5.91 Å². The van der Waals surface area contributed by atoms with Crippen molar-refractivity contribution < 1.29 is 14.0 Å². The number of carbonyl (C=O) groups excluding carboxylic acids is 2. The molecule has 1 aromatic rings. The van der Waals surface area contributed by atoms with Crippen molar-refractivity contribution in [2.45, 2.75) is 33.1 Å². The molecule has 0 bridgehead atoms. The minimum Gasteiger partial charge on any atom is -0.355 e. The summed E-state index contributed by atoms with van der Waals surface area (Å²) in [6, 6.07) is 6.33. The number of nitrogens with one attached hydrogen (secondary N) is 1. The molecule has 5 nitrogen and oxygen atoms in total. The molecule has 1 atom stereocenters. The van der Waals surface area contributed by atoms with Gasteiger partial charge in [-0.1, -0.05) is 12.1 Å². The molecule has 1 N–H and O–H groups in total. The number of hydrogen-bond acceptors (Lipinski definition) is 2. The number of nitrogens with zero attached hydrogens (tertiary/aromatic N) is 2. The lowest BCUT2D eigenvalue weighted by atomic mass is 9.97. The molecule has 1 heterocycles. The van der Waals surface area contributed by atoms with E-state index in [-0.39, 0.29) is 23.7 Å². The van der Waals surface area contributed by atoms with Crippen LogP contribution in [0.5, 0.6) is 0 Å². The first-order valence-electron chi connectivity index (χ1n) is 9.11. The summed E-state index contributed by atoms with van der Waals surface area (Å²) in [5.74, 6) is -0.409. The van der Waals surface area contributed by atoms with E-state index >= 15 is 0 Å². The van der Waals surface area contributed by atoms with Gasteiger partial charge >= 0.3 is 6.03 Å². The third-order valence-corrected chi connectivity index (χ3v) is 4.72. The summed E-state index contributed by atoms with van der Waals surface area (Å²) in [5, 5.41) is 2.95. The topological polar surface area (TPSA) is 52.7 Å². The molecule has 2 rings (SSSR count). The molecule has 0 unspecified atom stereocenters. The van der Waals surface area contributed by atoms with E-state index in [1.165, 1.54) is 12.1 Å². The standard InChI is InChI=1S/C19H28FN3O2/c1-3-22(4-2)19(25)23-13-5-6-16(14-23)18(24)21-12-11-15-7-9-17(20)10-8-15/h7-10,16H,3-6,11-14H2,1-2H3,(H,21,24)/t16-/m0/s1. The Morgan fingerprint density at radius 2 is 1.92 bits per heavy atom. The van der Waals surface area contributed by atoms with Crippen LogP contribution in [0.4, 0.5) is 9.18 Å². The lowest BCUT2D eigenvalue weighted by molar-refractivity contribution is -0.126. The average Bonchev–Trinajstić information content (AvgIpc) is 2.64. The molecular formula is C19H28FN3O2. The van der Waals surface area contributed by atoms with Crippen LogP contribution in [0.15, 0.2) is 24.3 Å². The fourth-order valence-electron chi connectivity index (χ4n) is 3.18. The van der Waals surface area contributed by atoms with Crippen molar-refractivity contribution in [3.05, 3.63) is 35.6 Å². The highest BCUT2D eigenvalue weighted by Crippen LogP contribution is 2.18. The Morgan fingerprint density at radius 1 is 1.24 bits per heavy atom. The summed E-state index contributed by atoms with van der Waals surface area (Å²) in [5.41, 5.74) is 0.990. The third kappa shape index (κ3) is 5.44. The van der Waals surface area contributed by atoms with Crippen LogP contribution < -0.4 is 5.32 Å². The number of hydrogen-bond donors (Lipinski definition) is 1.